The van der Waals surface area contributed by atoms with Gasteiger partial charge in [-0.2, -0.15) is 0 Å². The Morgan fingerprint density at radius 2 is 2.39 bits per heavy atom. The Labute approximate surface area is 111 Å². The normalized spacial score (nSPS) is 15.2. The van der Waals surface area contributed by atoms with Crippen molar-refractivity contribution < 1.29 is 4.74 Å². The van der Waals surface area contributed by atoms with Gasteiger partial charge in [0, 0.05) is 29.8 Å². The minimum absolute atomic E-state index is 0.164. The van der Waals surface area contributed by atoms with E-state index in [-0.39, 0.29) is 6.04 Å². The molecule has 3 nitrogen and oxygen atoms in total. The van der Waals surface area contributed by atoms with Crippen LogP contribution in [0.4, 0.5) is 0 Å². The van der Waals surface area contributed by atoms with Crippen LogP contribution in [-0.2, 0) is 12.8 Å². The Hall–Kier alpha value is -1.39. The Morgan fingerprint density at radius 3 is 3.22 bits per heavy atom. The zero-order chi connectivity index (χ0) is 12.5. The zero-order valence-electron chi connectivity index (χ0n) is 10.3. The first-order valence-corrected chi connectivity index (χ1v) is 7.06. The summed E-state index contributed by atoms with van der Waals surface area (Å²) in [4.78, 5) is 4.64. The van der Waals surface area contributed by atoms with Crippen molar-refractivity contribution in [2.45, 2.75) is 25.8 Å². The summed E-state index contributed by atoms with van der Waals surface area (Å²) in [6.45, 7) is 2.81. The van der Waals surface area contributed by atoms with Crippen LogP contribution in [0.1, 0.15) is 17.5 Å². The summed E-state index contributed by atoms with van der Waals surface area (Å²) in [5.74, 6) is 1.02. The van der Waals surface area contributed by atoms with Gasteiger partial charge in [-0.05, 0) is 30.7 Å². The van der Waals surface area contributed by atoms with Gasteiger partial charge in [-0.25, -0.2) is 4.98 Å². The number of aromatic nitrogens is 1. The molecule has 94 valence electrons. The Morgan fingerprint density at radius 1 is 1.50 bits per heavy atom. The van der Waals surface area contributed by atoms with Gasteiger partial charge in [-0.15, -0.1) is 11.3 Å². The number of benzene rings is 1. The number of hydrogen-bond acceptors (Lipinski definition) is 4. The third-order valence-corrected chi connectivity index (χ3v) is 3.90. The lowest BCUT2D eigenvalue weighted by Gasteiger charge is -2.02. The average molecular weight is 260 g/mol. The maximum Gasteiger partial charge on any atom is 0.122 e. The summed E-state index contributed by atoms with van der Waals surface area (Å²) in [6.07, 6.45) is 1.85. The molecule has 2 aromatic rings. The highest BCUT2D eigenvalue weighted by Gasteiger charge is 2.14. The first kappa shape index (κ1) is 11.7. The third kappa shape index (κ3) is 2.26. The molecule has 1 atom stereocenters. The van der Waals surface area contributed by atoms with Crippen molar-refractivity contribution in [3.8, 4) is 17.0 Å². The van der Waals surface area contributed by atoms with Crippen molar-refractivity contribution in [3.63, 3.8) is 0 Å². The smallest absolute Gasteiger partial charge is 0.122 e. The molecular weight excluding hydrogens is 244 g/mol. The van der Waals surface area contributed by atoms with Gasteiger partial charge in [0.15, 0.2) is 0 Å². The molecule has 3 rings (SSSR count). The van der Waals surface area contributed by atoms with Gasteiger partial charge in [0.25, 0.3) is 0 Å². The topological polar surface area (TPSA) is 48.1 Å². The first-order chi connectivity index (χ1) is 8.72. The highest BCUT2D eigenvalue weighted by Crippen LogP contribution is 2.31. The summed E-state index contributed by atoms with van der Waals surface area (Å²) in [5, 5.41) is 3.21. The lowest BCUT2D eigenvalue weighted by atomic mass is 10.1. The first-order valence-electron chi connectivity index (χ1n) is 6.18. The molecular formula is C14H16N2OS. The van der Waals surface area contributed by atoms with Gasteiger partial charge >= 0.3 is 0 Å². The van der Waals surface area contributed by atoms with Crippen LogP contribution >= 0.6 is 11.3 Å². The van der Waals surface area contributed by atoms with E-state index in [0.29, 0.717) is 0 Å². The molecule has 1 unspecified atom stereocenters. The molecule has 0 radical (unpaired) electrons. The van der Waals surface area contributed by atoms with Crippen LogP contribution in [0.5, 0.6) is 5.75 Å². The zero-order valence-corrected chi connectivity index (χ0v) is 11.2. The Kier molecular flexibility index (Phi) is 3.06. The standard InChI is InChI=1S/C14H16N2OS/c1-9(15)6-14-16-12(8-18-14)10-2-3-13-11(7-10)4-5-17-13/h2-3,7-9H,4-6,15H2,1H3. The van der Waals surface area contributed by atoms with Gasteiger partial charge in [0.2, 0.25) is 0 Å². The molecule has 4 heteroatoms. The van der Waals surface area contributed by atoms with Gasteiger partial charge in [0.1, 0.15) is 5.75 Å². The lowest BCUT2D eigenvalue weighted by Crippen LogP contribution is -2.17. The quantitative estimate of drug-likeness (QED) is 0.923. The fourth-order valence-corrected chi connectivity index (χ4v) is 3.11. The van der Waals surface area contributed by atoms with E-state index in [1.807, 2.05) is 13.0 Å². The Balaban J connectivity index is 1.88. The second kappa shape index (κ2) is 4.71. The van der Waals surface area contributed by atoms with E-state index in [1.54, 1.807) is 11.3 Å². The predicted octanol–water partition coefficient (Wildman–Crippen LogP) is 2.63. The van der Waals surface area contributed by atoms with Crippen molar-refractivity contribution in [2.24, 2.45) is 5.73 Å². The van der Waals surface area contributed by atoms with Crippen molar-refractivity contribution in [2.75, 3.05) is 6.61 Å². The molecule has 1 aromatic heterocycles. The second-order valence-electron chi connectivity index (χ2n) is 4.73. The van der Waals surface area contributed by atoms with E-state index in [0.717, 1.165) is 35.9 Å². The van der Waals surface area contributed by atoms with Crippen molar-refractivity contribution >= 4 is 11.3 Å². The number of thiazole rings is 1. The van der Waals surface area contributed by atoms with Crippen LogP contribution < -0.4 is 10.5 Å². The molecule has 1 aliphatic heterocycles. The second-order valence-corrected chi connectivity index (χ2v) is 5.67. The van der Waals surface area contributed by atoms with Gasteiger partial charge in [-0.1, -0.05) is 0 Å². The molecule has 2 heterocycles. The summed E-state index contributed by atoms with van der Waals surface area (Å²) in [7, 11) is 0. The average Bonchev–Trinajstić information content (AvgIpc) is 2.95. The van der Waals surface area contributed by atoms with Crippen LogP contribution in [0.2, 0.25) is 0 Å². The number of rotatable bonds is 3. The lowest BCUT2D eigenvalue weighted by molar-refractivity contribution is 0.357. The van der Waals surface area contributed by atoms with E-state index in [1.165, 1.54) is 11.1 Å². The molecule has 0 aliphatic carbocycles. The number of hydrogen-bond donors (Lipinski definition) is 1. The fourth-order valence-electron chi connectivity index (χ4n) is 2.16. The van der Waals surface area contributed by atoms with E-state index < -0.39 is 0 Å². The maximum absolute atomic E-state index is 5.80. The van der Waals surface area contributed by atoms with Gasteiger partial charge < -0.3 is 10.5 Å². The van der Waals surface area contributed by atoms with Crippen LogP contribution in [0.3, 0.4) is 0 Å². The molecule has 0 saturated heterocycles. The number of fused-ring (bicyclic) bond motifs is 1. The van der Waals surface area contributed by atoms with Crippen LogP contribution in [-0.4, -0.2) is 17.6 Å². The molecule has 0 bridgehead atoms. The summed E-state index contributed by atoms with van der Waals surface area (Å²) in [6, 6.07) is 6.47. The molecule has 1 aliphatic rings. The highest BCUT2D eigenvalue weighted by atomic mass is 32.1. The van der Waals surface area contributed by atoms with E-state index in [2.05, 4.69) is 22.5 Å². The highest BCUT2D eigenvalue weighted by molar-refractivity contribution is 7.09. The summed E-state index contributed by atoms with van der Waals surface area (Å²) >= 11 is 1.68. The largest absolute Gasteiger partial charge is 0.493 e. The SMILES string of the molecule is CC(N)Cc1nc(-c2ccc3c(c2)CCO3)cs1. The maximum atomic E-state index is 5.80. The minimum Gasteiger partial charge on any atom is -0.493 e. The molecule has 0 amide bonds. The van der Waals surface area contributed by atoms with Crippen LogP contribution in [0.15, 0.2) is 23.6 Å². The number of ether oxygens (including phenoxy) is 1. The molecule has 18 heavy (non-hydrogen) atoms. The molecule has 2 N–H and O–H groups in total. The Bertz CT molecular complexity index is 563. The van der Waals surface area contributed by atoms with Crippen LogP contribution in [0.25, 0.3) is 11.3 Å². The fraction of sp³-hybridized carbons (Fsp3) is 0.357. The minimum atomic E-state index is 0.164. The van der Waals surface area contributed by atoms with Gasteiger partial charge in [-0.3, -0.25) is 0 Å². The third-order valence-electron chi connectivity index (χ3n) is 3.03. The summed E-state index contributed by atoms with van der Waals surface area (Å²) in [5.41, 5.74) is 9.30. The van der Waals surface area contributed by atoms with Crippen LogP contribution in [0, 0.1) is 0 Å². The van der Waals surface area contributed by atoms with Crippen molar-refractivity contribution in [3.05, 3.63) is 34.2 Å². The molecule has 1 aromatic carbocycles. The number of nitrogens with zero attached hydrogens (tertiary/aromatic N) is 1. The predicted molar refractivity (Wildman–Crippen MR) is 74.1 cm³/mol. The van der Waals surface area contributed by atoms with Crippen molar-refractivity contribution in [1.29, 1.82) is 0 Å². The van der Waals surface area contributed by atoms with Gasteiger partial charge in [0.05, 0.1) is 17.3 Å². The summed E-state index contributed by atoms with van der Waals surface area (Å²) < 4.78 is 5.51. The molecule has 0 saturated carbocycles. The molecule has 0 spiro atoms. The van der Waals surface area contributed by atoms with E-state index in [9.17, 15) is 0 Å². The molecule has 0 fully saturated rings. The monoisotopic (exact) mass is 260 g/mol. The number of nitrogens with two attached hydrogens (primary N) is 1. The van der Waals surface area contributed by atoms with E-state index in [4.69, 9.17) is 10.5 Å². The van der Waals surface area contributed by atoms with E-state index >= 15 is 0 Å². The van der Waals surface area contributed by atoms with Crippen molar-refractivity contribution in [1.82, 2.24) is 4.98 Å².